The van der Waals surface area contributed by atoms with Gasteiger partial charge in [0.2, 0.25) is 0 Å². The van der Waals surface area contributed by atoms with E-state index < -0.39 is 5.97 Å². The van der Waals surface area contributed by atoms with Crippen LogP contribution in [0.2, 0.25) is 4.34 Å². The van der Waals surface area contributed by atoms with Gasteiger partial charge in [-0.05, 0) is 30.7 Å². The molecule has 0 N–H and O–H groups in total. The van der Waals surface area contributed by atoms with Gasteiger partial charge in [-0.1, -0.05) is 30.7 Å². The Bertz CT molecular complexity index is 883. The van der Waals surface area contributed by atoms with Gasteiger partial charge in [-0.25, -0.2) is 0 Å². The lowest BCUT2D eigenvalue weighted by Gasteiger charge is -2.22. The normalized spacial score (nSPS) is 16.2. The van der Waals surface area contributed by atoms with Gasteiger partial charge in [0.25, 0.3) is 5.91 Å². The number of ether oxygens (including phenoxy) is 1. The number of benzene rings is 1. The summed E-state index contributed by atoms with van der Waals surface area (Å²) in [6.45, 7) is 2.39. The van der Waals surface area contributed by atoms with Gasteiger partial charge in [0.15, 0.2) is 12.4 Å². The first-order chi connectivity index (χ1) is 13.4. The van der Waals surface area contributed by atoms with Gasteiger partial charge in [-0.2, -0.15) is 0 Å². The molecule has 3 rings (SSSR count). The topological polar surface area (TPSA) is 63.7 Å². The number of para-hydroxylation sites is 1. The van der Waals surface area contributed by atoms with E-state index in [4.69, 9.17) is 16.3 Å². The third-order valence-corrected chi connectivity index (χ3v) is 6.81. The Morgan fingerprint density at radius 1 is 1.18 bits per heavy atom. The van der Waals surface area contributed by atoms with Crippen molar-refractivity contribution in [3.8, 4) is 0 Å². The standard InChI is InChI=1S/C20H20ClNO4S2/c1-13-10-11-22(14-4-2-3-5-16(14)27-13)19(24)12-26-20(25)9-6-15(23)17-7-8-18(21)28-17/h2-5,7-8,13H,6,9-12H2,1H3. The number of carbonyl (C=O) groups is 3. The number of thioether (sulfide) groups is 1. The minimum atomic E-state index is -0.560. The van der Waals surface area contributed by atoms with E-state index in [1.165, 1.54) is 11.3 Å². The van der Waals surface area contributed by atoms with Crippen molar-refractivity contribution in [2.75, 3.05) is 18.1 Å². The molecule has 2 heterocycles. The van der Waals surface area contributed by atoms with Crippen LogP contribution in [0.5, 0.6) is 0 Å². The molecule has 0 spiro atoms. The number of nitrogens with zero attached hydrogens (tertiary/aromatic N) is 1. The van der Waals surface area contributed by atoms with Crippen LogP contribution in [0.3, 0.4) is 0 Å². The number of halogens is 1. The Balaban J connectivity index is 1.52. The van der Waals surface area contributed by atoms with Gasteiger partial charge in [-0.3, -0.25) is 14.4 Å². The van der Waals surface area contributed by atoms with E-state index in [-0.39, 0.29) is 31.1 Å². The van der Waals surface area contributed by atoms with Crippen molar-refractivity contribution < 1.29 is 19.1 Å². The van der Waals surface area contributed by atoms with Crippen molar-refractivity contribution >= 4 is 58.0 Å². The zero-order valence-corrected chi connectivity index (χ0v) is 17.7. The Hall–Kier alpha value is -1.83. The summed E-state index contributed by atoms with van der Waals surface area (Å²) in [6, 6.07) is 11.0. The lowest BCUT2D eigenvalue weighted by Crippen LogP contribution is -2.35. The number of rotatable bonds is 6. The van der Waals surface area contributed by atoms with Crippen LogP contribution < -0.4 is 4.90 Å². The van der Waals surface area contributed by atoms with E-state index >= 15 is 0 Å². The summed E-state index contributed by atoms with van der Waals surface area (Å²) < 4.78 is 5.65. The van der Waals surface area contributed by atoms with Crippen LogP contribution in [0.15, 0.2) is 41.3 Å². The van der Waals surface area contributed by atoms with Crippen LogP contribution in [0.4, 0.5) is 5.69 Å². The highest BCUT2D eigenvalue weighted by Crippen LogP contribution is 2.37. The minimum Gasteiger partial charge on any atom is -0.456 e. The highest BCUT2D eigenvalue weighted by atomic mass is 35.5. The molecule has 8 heteroatoms. The SMILES string of the molecule is CC1CCN(C(=O)COC(=O)CCC(=O)c2ccc(Cl)s2)c2ccccc2S1. The Morgan fingerprint density at radius 2 is 1.96 bits per heavy atom. The van der Waals surface area contributed by atoms with Crippen molar-refractivity contribution in [3.63, 3.8) is 0 Å². The van der Waals surface area contributed by atoms with E-state index in [2.05, 4.69) is 6.92 Å². The predicted octanol–water partition coefficient (Wildman–Crippen LogP) is 4.83. The van der Waals surface area contributed by atoms with E-state index in [0.717, 1.165) is 17.0 Å². The van der Waals surface area contributed by atoms with Gasteiger partial charge >= 0.3 is 5.97 Å². The smallest absolute Gasteiger partial charge is 0.306 e. The molecule has 0 radical (unpaired) electrons. The van der Waals surface area contributed by atoms with Gasteiger partial charge in [0.05, 0.1) is 21.3 Å². The third kappa shape index (κ3) is 5.37. The fraction of sp³-hybridized carbons (Fsp3) is 0.350. The molecule has 1 aromatic carbocycles. The minimum absolute atomic E-state index is 0.0323. The maximum Gasteiger partial charge on any atom is 0.306 e. The maximum atomic E-state index is 12.6. The van der Waals surface area contributed by atoms with Crippen molar-refractivity contribution in [1.82, 2.24) is 0 Å². The Labute approximate surface area is 177 Å². The molecule has 28 heavy (non-hydrogen) atoms. The lowest BCUT2D eigenvalue weighted by molar-refractivity contribution is -0.147. The molecule has 1 atom stereocenters. The second-order valence-corrected chi connectivity index (χ2v) is 9.61. The number of ketones is 1. The number of Topliss-reactive ketones (excluding diaryl/α,β-unsaturated/α-hetero) is 1. The van der Waals surface area contributed by atoms with Crippen LogP contribution in [0, 0.1) is 0 Å². The average molecular weight is 438 g/mol. The first kappa shape index (κ1) is 20.9. The second-order valence-electron chi connectivity index (χ2n) is 6.42. The van der Waals surface area contributed by atoms with E-state index in [0.29, 0.717) is 21.0 Å². The largest absolute Gasteiger partial charge is 0.456 e. The van der Waals surface area contributed by atoms with Gasteiger partial charge in [0.1, 0.15) is 0 Å². The van der Waals surface area contributed by atoms with Gasteiger partial charge in [0, 0.05) is 23.1 Å². The molecule has 1 aromatic heterocycles. The van der Waals surface area contributed by atoms with Crippen molar-refractivity contribution in [2.24, 2.45) is 0 Å². The number of thiophene rings is 1. The molecule has 1 unspecified atom stereocenters. The highest BCUT2D eigenvalue weighted by molar-refractivity contribution is 8.00. The Morgan fingerprint density at radius 3 is 2.71 bits per heavy atom. The molecular formula is C20H20ClNO4S2. The lowest BCUT2D eigenvalue weighted by atomic mass is 10.2. The van der Waals surface area contributed by atoms with Gasteiger partial charge in [-0.15, -0.1) is 23.1 Å². The number of esters is 1. The molecule has 148 valence electrons. The van der Waals surface area contributed by atoms with E-state index in [9.17, 15) is 14.4 Å². The van der Waals surface area contributed by atoms with Gasteiger partial charge < -0.3 is 9.64 Å². The van der Waals surface area contributed by atoms with Crippen molar-refractivity contribution in [3.05, 3.63) is 45.6 Å². The number of fused-ring (bicyclic) bond motifs is 1. The monoisotopic (exact) mass is 437 g/mol. The number of carbonyl (C=O) groups excluding carboxylic acids is 3. The first-order valence-corrected chi connectivity index (χ1v) is 11.0. The first-order valence-electron chi connectivity index (χ1n) is 8.94. The zero-order valence-electron chi connectivity index (χ0n) is 15.4. The maximum absolute atomic E-state index is 12.6. The predicted molar refractivity (Wildman–Crippen MR) is 113 cm³/mol. The number of hydrogen-bond donors (Lipinski definition) is 0. The molecule has 1 aliphatic rings. The average Bonchev–Trinajstić information content (AvgIpc) is 3.04. The van der Waals surface area contributed by atoms with Crippen LogP contribution in [0.1, 0.15) is 35.9 Å². The second kappa shape index (κ2) is 9.58. The molecule has 0 fully saturated rings. The fourth-order valence-electron chi connectivity index (χ4n) is 2.84. The number of amides is 1. The van der Waals surface area contributed by atoms with E-state index in [1.54, 1.807) is 28.8 Å². The van der Waals surface area contributed by atoms with Crippen LogP contribution in [-0.2, 0) is 14.3 Å². The summed E-state index contributed by atoms with van der Waals surface area (Å²) in [5.74, 6) is -0.977. The zero-order chi connectivity index (χ0) is 20.1. The Kier molecular flexibility index (Phi) is 7.15. The molecule has 5 nitrogen and oxygen atoms in total. The number of anilines is 1. The molecule has 2 aromatic rings. The molecular weight excluding hydrogens is 418 g/mol. The summed E-state index contributed by atoms with van der Waals surface area (Å²) in [4.78, 5) is 39.9. The summed E-state index contributed by atoms with van der Waals surface area (Å²) in [5.41, 5.74) is 0.850. The summed E-state index contributed by atoms with van der Waals surface area (Å²) >= 11 is 8.74. The number of hydrogen-bond acceptors (Lipinski definition) is 6. The van der Waals surface area contributed by atoms with Crippen molar-refractivity contribution in [1.29, 1.82) is 0 Å². The van der Waals surface area contributed by atoms with Crippen LogP contribution >= 0.6 is 34.7 Å². The molecule has 1 amide bonds. The van der Waals surface area contributed by atoms with Crippen LogP contribution in [-0.4, -0.2) is 36.1 Å². The van der Waals surface area contributed by atoms with Crippen LogP contribution in [0.25, 0.3) is 0 Å². The quantitative estimate of drug-likeness (QED) is 0.478. The molecule has 0 bridgehead atoms. The summed E-state index contributed by atoms with van der Waals surface area (Å²) in [6.07, 6.45) is 0.826. The molecule has 0 aliphatic carbocycles. The van der Waals surface area contributed by atoms with Crippen molar-refractivity contribution in [2.45, 2.75) is 36.3 Å². The third-order valence-electron chi connectivity index (χ3n) is 4.31. The fourth-order valence-corrected chi connectivity index (χ4v) is 4.96. The highest BCUT2D eigenvalue weighted by Gasteiger charge is 2.25. The summed E-state index contributed by atoms with van der Waals surface area (Å²) in [7, 11) is 0. The molecule has 0 saturated heterocycles. The summed E-state index contributed by atoms with van der Waals surface area (Å²) in [5, 5.41) is 0.401. The molecule has 0 saturated carbocycles. The molecule has 1 aliphatic heterocycles. The van der Waals surface area contributed by atoms with E-state index in [1.807, 2.05) is 24.3 Å².